The molecule has 39 valence electrons. The first-order valence-electron chi connectivity index (χ1n) is 2.14. The summed E-state index contributed by atoms with van der Waals surface area (Å²) < 4.78 is 4.81. The SMILES string of the molecule is O=[C]N1CCOC1. The third kappa shape index (κ3) is 0.899. The third-order valence-electron chi connectivity index (χ3n) is 0.882. The van der Waals surface area contributed by atoms with Crippen molar-refractivity contribution in [2.75, 3.05) is 19.9 Å². The monoisotopic (exact) mass is 100 g/mol. The Morgan fingerprint density at radius 3 is 2.86 bits per heavy atom. The molecule has 1 amide bonds. The van der Waals surface area contributed by atoms with Gasteiger partial charge >= 0.3 is 6.41 Å². The Hall–Kier alpha value is -0.570. The van der Waals surface area contributed by atoms with Gasteiger partial charge in [0.05, 0.1) is 6.61 Å². The molecule has 1 saturated heterocycles. The highest BCUT2D eigenvalue weighted by atomic mass is 16.5. The van der Waals surface area contributed by atoms with Gasteiger partial charge in [0.25, 0.3) is 0 Å². The van der Waals surface area contributed by atoms with E-state index >= 15 is 0 Å². The fraction of sp³-hybridized carbons (Fsp3) is 0.750. The van der Waals surface area contributed by atoms with Crippen molar-refractivity contribution < 1.29 is 9.53 Å². The maximum atomic E-state index is 9.73. The van der Waals surface area contributed by atoms with Gasteiger partial charge in [-0.2, -0.15) is 0 Å². The van der Waals surface area contributed by atoms with Crippen molar-refractivity contribution in [2.45, 2.75) is 0 Å². The highest BCUT2D eigenvalue weighted by Gasteiger charge is 2.07. The first-order chi connectivity index (χ1) is 3.43. The van der Waals surface area contributed by atoms with Gasteiger partial charge in [-0.1, -0.05) is 0 Å². The van der Waals surface area contributed by atoms with Crippen molar-refractivity contribution in [3.8, 4) is 0 Å². The molecule has 0 aromatic rings. The highest BCUT2D eigenvalue weighted by molar-refractivity contribution is 5.47. The average Bonchev–Trinajstić information content (AvgIpc) is 2.14. The lowest BCUT2D eigenvalue weighted by atomic mass is 10.7. The first-order valence-corrected chi connectivity index (χ1v) is 2.14. The number of hydrogen-bond donors (Lipinski definition) is 0. The largest absolute Gasteiger partial charge is 0.359 e. The summed E-state index contributed by atoms with van der Waals surface area (Å²) in [6.07, 6.45) is 1.72. The van der Waals surface area contributed by atoms with Gasteiger partial charge in [0, 0.05) is 6.54 Å². The number of nitrogens with zero attached hydrogens (tertiary/aromatic N) is 1. The molecule has 1 aliphatic rings. The fourth-order valence-corrected chi connectivity index (χ4v) is 0.486. The molecule has 3 nitrogen and oxygen atoms in total. The van der Waals surface area contributed by atoms with E-state index in [0.717, 1.165) is 0 Å². The molecule has 0 saturated carbocycles. The summed E-state index contributed by atoms with van der Waals surface area (Å²) in [6, 6.07) is 0. The molecule has 1 radical (unpaired) electrons. The zero-order valence-corrected chi connectivity index (χ0v) is 3.89. The van der Waals surface area contributed by atoms with E-state index in [1.165, 1.54) is 4.90 Å². The lowest BCUT2D eigenvalue weighted by Crippen LogP contribution is -2.16. The van der Waals surface area contributed by atoms with Gasteiger partial charge in [-0.25, -0.2) is 0 Å². The van der Waals surface area contributed by atoms with Gasteiger partial charge in [0.1, 0.15) is 6.73 Å². The molecule has 3 heteroatoms. The predicted octanol–water partition coefficient (Wildman–Crippen LogP) is -0.657. The van der Waals surface area contributed by atoms with Crippen LogP contribution in [0.4, 0.5) is 0 Å². The molecular weight excluding hydrogens is 94.0 g/mol. The number of amides is 1. The van der Waals surface area contributed by atoms with Crippen LogP contribution in [0.15, 0.2) is 0 Å². The van der Waals surface area contributed by atoms with Crippen LogP contribution in [0, 0.1) is 0 Å². The Balaban J connectivity index is 2.26. The number of carbonyl (C=O) groups excluding carboxylic acids is 1. The molecule has 0 unspecified atom stereocenters. The van der Waals surface area contributed by atoms with E-state index in [9.17, 15) is 4.79 Å². The molecule has 0 N–H and O–H groups in total. The second kappa shape index (κ2) is 1.93. The van der Waals surface area contributed by atoms with Gasteiger partial charge in [-0.05, 0) is 0 Å². The molecular formula is C4H6NO2. The van der Waals surface area contributed by atoms with Gasteiger partial charge in [0.2, 0.25) is 0 Å². The van der Waals surface area contributed by atoms with Crippen LogP contribution >= 0.6 is 0 Å². The minimum Gasteiger partial charge on any atom is -0.359 e. The Kier molecular flexibility index (Phi) is 1.26. The minimum absolute atomic E-state index is 0.420. The molecule has 0 aromatic heterocycles. The van der Waals surface area contributed by atoms with Crippen molar-refractivity contribution in [1.82, 2.24) is 4.90 Å². The predicted molar refractivity (Wildman–Crippen MR) is 23.2 cm³/mol. The summed E-state index contributed by atoms with van der Waals surface area (Å²) in [6.45, 7) is 1.78. The Bertz CT molecular complexity index is 68.1. The maximum absolute atomic E-state index is 9.73. The zero-order valence-electron chi connectivity index (χ0n) is 3.89. The molecule has 0 atom stereocenters. The highest BCUT2D eigenvalue weighted by Crippen LogP contribution is 1.92. The number of ether oxygens (including phenoxy) is 1. The molecule has 0 aromatic carbocycles. The first kappa shape index (κ1) is 4.59. The van der Waals surface area contributed by atoms with E-state index in [0.29, 0.717) is 19.9 Å². The number of hydrogen-bond acceptors (Lipinski definition) is 2. The lowest BCUT2D eigenvalue weighted by Gasteiger charge is -1.98. The summed E-state index contributed by atoms with van der Waals surface area (Å²) in [5.74, 6) is 0. The summed E-state index contributed by atoms with van der Waals surface area (Å²) in [7, 11) is 0. The summed E-state index contributed by atoms with van der Waals surface area (Å²) >= 11 is 0. The van der Waals surface area contributed by atoms with E-state index < -0.39 is 0 Å². The van der Waals surface area contributed by atoms with Gasteiger partial charge in [-0.15, -0.1) is 0 Å². The summed E-state index contributed by atoms with van der Waals surface area (Å²) in [4.78, 5) is 11.2. The Morgan fingerprint density at radius 1 is 1.71 bits per heavy atom. The maximum Gasteiger partial charge on any atom is 0.314 e. The van der Waals surface area contributed by atoms with Crippen molar-refractivity contribution in [3.05, 3.63) is 0 Å². The van der Waals surface area contributed by atoms with Crippen molar-refractivity contribution >= 4 is 6.41 Å². The fourth-order valence-electron chi connectivity index (χ4n) is 0.486. The van der Waals surface area contributed by atoms with Crippen molar-refractivity contribution in [3.63, 3.8) is 0 Å². The quantitative estimate of drug-likeness (QED) is 0.438. The molecule has 7 heavy (non-hydrogen) atoms. The lowest BCUT2D eigenvalue weighted by molar-refractivity contribution is 0.167. The van der Waals surface area contributed by atoms with E-state index in [2.05, 4.69) is 0 Å². The van der Waals surface area contributed by atoms with Gasteiger partial charge < -0.3 is 9.64 Å². The Labute approximate surface area is 41.9 Å². The smallest absolute Gasteiger partial charge is 0.314 e. The van der Waals surface area contributed by atoms with Crippen LogP contribution in [-0.2, 0) is 9.53 Å². The molecule has 1 heterocycles. The second-order valence-electron chi connectivity index (χ2n) is 1.39. The van der Waals surface area contributed by atoms with Crippen LogP contribution in [0.2, 0.25) is 0 Å². The van der Waals surface area contributed by atoms with E-state index in [1.807, 2.05) is 0 Å². The van der Waals surface area contributed by atoms with E-state index in [4.69, 9.17) is 4.74 Å². The van der Waals surface area contributed by atoms with E-state index in [1.54, 1.807) is 6.41 Å². The summed E-state index contributed by atoms with van der Waals surface area (Å²) in [5, 5.41) is 0. The normalized spacial score (nSPS) is 20.3. The van der Waals surface area contributed by atoms with Crippen LogP contribution in [-0.4, -0.2) is 31.2 Å². The van der Waals surface area contributed by atoms with Gasteiger partial charge in [0.15, 0.2) is 0 Å². The minimum atomic E-state index is 0.420. The number of rotatable bonds is 1. The van der Waals surface area contributed by atoms with Crippen LogP contribution in [0.3, 0.4) is 0 Å². The zero-order chi connectivity index (χ0) is 5.11. The molecule has 0 spiro atoms. The summed E-state index contributed by atoms with van der Waals surface area (Å²) in [5.41, 5.74) is 0. The third-order valence-corrected chi connectivity index (χ3v) is 0.882. The van der Waals surface area contributed by atoms with Crippen LogP contribution in [0.25, 0.3) is 0 Å². The average molecular weight is 100 g/mol. The van der Waals surface area contributed by atoms with Crippen LogP contribution < -0.4 is 0 Å². The molecule has 0 aliphatic carbocycles. The van der Waals surface area contributed by atoms with Crippen LogP contribution in [0.5, 0.6) is 0 Å². The Morgan fingerprint density at radius 2 is 2.57 bits per heavy atom. The van der Waals surface area contributed by atoms with Gasteiger partial charge in [-0.3, -0.25) is 4.79 Å². The molecule has 0 bridgehead atoms. The topological polar surface area (TPSA) is 29.5 Å². The molecule has 1 rings (SSSR count). The standard InChI is InChI=1S/C4H6NO2/c6-3-5-1-2-7-4-5/h1-2,4H2. The molecule has 1 aliphatic heterocycles. The molecule has 1 fully saturated rings. The van der Waals surface area contributed by atoms with Crippen LogP contribution in [0.1, 0.15) is 0 Å². The van der Waals surface area contributed by atoms with Crippen molar-refractivity contribution in [2.24, 2.45) is 0 Å². The second-order valence-corrected chi connectivity index (χ2v) is 1.39. The van der Waals surface area contributed by atoms with E-state index in [-0.39, 0.29) is 0 Å². The van der Waals surface area contributed by atoms with Crippen molar-refractivity contribution in [1.29, 1.82) is 0 Å².